The van der Waals surface area contributed by atoms with Crippen LogP contribution < -0.4 is 4.90 Å². The summed E-state index contributed by atoms with van der Waals surface area (Å²) in [5.41, 5.74) is -0.0301. The van der Waals surface area contributed by atoms with E-state index in [0.29, 0.717) is 12.0 Å². The molecule has 2 rings (SSSR count). The topological polar surface area (TPSA) is 29.0 Å². The molecule has 1 fully saturated rings. The minimum Gasteiger partial charge on any atom is -0.353 e. The molecule has 0 N–H and O–H groups in total. The zero-order valence-electron chi connectivity index (χ0n) is 14.0. The summed E-state index contributed by atoms with van der Waals surface area (Å²) >= 11 is 3.57. The molecule has 4 heteroatoms. The van der Waals surface area contributed by atoms with Gasteiger partial charge in [0, 0.05) is 24.1 Å². The van der Waals surface area contributed by atoms with Gasteiger partial charge in [-0.15, -0.1) is 0 Å². The fourth-order valence-electron chi connectivity index (χ4n) is 2.93. The van der Waals surface area contributed by atoms with E-state index in [2.05, 4.69) is 66.5 Å². The standard InChI is InChI=1S/C17H28BrN3/c1-12(2)11-21(13-8-6-7-9-13)15-10-14(18)19-16(20-15)17(3,4)5/h10,12-13H,6-9,11H2,1-5H3. The molecule has 1 heterocycles. The van der Waals surface area contributed by atoms with Gasteiger partial charge in [0.15, 0.2) is 0 Å². The molecular weight excluding hydrogens is 326 g/mol. The van der Waals surface area contributed by atoms with Crippen LogP contribution in [0.4, 0.5) is 5.82 Å². The molecule has 0 unspecified atom stereocenters. The zero-order valence-corrected chi connectivity index (χ0v) is 15.6. The number of aromatic nitrogens is 2. The van der Waals surface area contributed by atoms with Crippen LogP contribution in [-0.2, 0) is 5.41 Å². The quantitative estimate of drug-likeness (QED) is 0.717. The van der Waals surface area contributed by atoms with E-state index >= 15 is 0 Å². The fourth-order valence-corrected chi connectivity index (χ4v) is 3.30. The molecule has 0 spiro atoms. The van der Waals surface area contributed by atoms with Gasteiger partial charge in [0.2, 0.25) is 0 Å². The molecule has 0 amide bonds. The van der Waals surface area contributed by atoms with Crippen molar-refractivity contribution in [2.75, 3.05) is 11.4 Å². The van der Waals surface area contributed by atoms with Gasteiger partial charge in [-0.2, -0.15) is 0 Å². The summed E-state index contributed by atoms with van der Waals surface area (Å²) in [7, 11) is 0. The van der Waals surface area contributed by atoms with E-state index in [9.17, 15) is 0 Å². The highest BCUT2D eigenvalue weighted by Crippen LogP contribution is 2.30. The highest BCUT2D eigenvalue weighted by Gasteiger charge is 2.26. The first-order chi connectivity index (χ1) is 9.77. The molecule has 1 aromatic rings. The molecule has 3 nitrogen and oxygen atoms in total. The Morgan fingerprint density at radius 3 is 2.38 bits per heavy atom. The molecule has 1 aromatic heterocycles. The van der Waals surface area contributed by atoms with E-state index in [0.717, 1.165) is 22.8 Å². The van der Waals surface area contributed by atoms with Crippen molar-refractivity contribution in [1.82, 2.24) is 9.97 Å². The highest BCUT2D eigenvalue weighted by molar-refractivity contribution is 9.10. The van der Waals surface area contributed by atoms with Gasteiger partial charge in [0.05, 0.1) is 0 Å². The second-order valence-electron chi connectivity index (χ2n) is 7.61. The van der Waals surface area contributed by atoms with Crippen LogP contribution in [0.5, 0.6) is 0 Å². The van der Waals surface area contributed by atoms with E-state index in [1.54, 1.807) is 0 Å². The zero-order chi connectivity index (χ0) is 15.6. The van der Waals surface area contributed by atoms with Crippen LogP contribution in [-0.4, -0.2) is 22.6 Å². The third kappa shape index (κ3) is 4.41. The van der Waals surface area contributed by atoms with Crippen LogP contribution in [0, 0.1) is 5.92 Å². The van der Waals surface area contributed by atoms with Crippen LogP contribution in [0.3, 0.4) is 0 Å². The Labute approximate surface area is 137 Å². The number of halogens is 1. The molecule has 0 atom stereocenters. The SMILES string of the molecule is CC(C)CN(c1cc(Br)nc(C(C)(C)C)n1)C1CCCC1. The van der Waals surface area contributed by atoms with E-state index in [4.69, 9.17) is 4.98 Å². The van der Waals surface area contributed by atoms with Crippen LogP contribution in [0.2, 0.25) is 0 Å². The van der Waals surface area contributed by atoms with Gasteiger partial charge in [-0.25, -0.2) is 9.97 Å². The summed E-state index contributed by atoms with van der Waals surface area (Å²) in [5, 5.41) is 0. The first-order valence-electron chi connectivity index (χ1n) is 8.09. The highest BCUT2D eigenvalue weighted by atomic mass is 79.9. The summed E-state index contributed by atoms with van der Waals surface area (Å²) in [6, 6.07) is 2.72. The summed E-state index contributed by atoms with van der Waals surface area (Å²) in [6.07, 6.45) is 5.27. The van der Waals surface area contributed by atoms with Gasteiger partial charge < -0.3 is 4.90 Å². The molecule has 0 radical (unpaired) electrons. The van der Waals surface area contributed by atoms with E-state index < -0.39 is 0 Å². The van der Waals surface area contributed by atoms with Gasteiger partial charge in [-0.1, -0.05) is 47.5 Å². The molecule has 1 aliphatic carbocycles. The second kappa shape index (κ2) is 6.64. The number of anilines is 1. The Kier molecular flexibility index (Phi) is 5.29. The lowest BCUT2D eigenvalue weighted by molar-refractivity contribution is 0.515. The van der Waals surface area contributed by atoms with Crippen molar-refractivity contribution >= 4 is 21.7 Å². The maximum Gasteiger partial charge on any atom is 0.137 e. The average molecular weight is 354 g/mol. The van der Waals surface area contributed by atoms with Gasteiger partial charge in [0.25, 0.3) is 0 Å². The Morgan fingerprint density at radius 2 is 1.86 bits per heavy atom. The van der Waals surface area contributed by atoms with Crippen molar-refractivity contribution in [3.8, 4) is 0 Å². The Bertz CT molecular complexity index is 473. The van der Waals surface area contributed by atoms with Crippen LogP contribution in [0.15, 0.2) is 10.7 Å². The largest absolute Gasteiger partial charge is 0.353 e. The molecule has 1 saturated carbocycles. The van der Waals surface area contributed by atoms with E-state index in [-0.39, 0.29) is 5.41 Å². The monoisotopic (exact) mass is 353 g/mol. The Morgan fingerprint density at radius 1 is 1.24 bits per heavy atom. The van der Waals surface area contributed by atoms with Crippen molar-refractivity contribution < 1.29 is 0 Å². The number of hydrogen-bond acceptors (Lipinski definition) is 3. The summed E-state index contributed by atoms with van der Waals surface area (Å²) in [6.45, 7) is 12.1. The first kappa shape index (κ1) is 16.7. The van der Waals surface area contributed by atoms with Crippen molar-refractivity contribution in [1.29, 1.82) is 0 Å². The second-order valence-corrected chi connectivity index (χ2v) is 8.42. The third-order valence-corrected chi connectivity index (χ3v) is 4.38. The van der Waals surface area contributed by atoms with Crippen molar-refractivity contribution in [3.05, 3.63) is 16.5 Å². The summed E-state index contributed by atoms with van der Waals surface area (Å²) in [4.78, 5) is 12.0. The Hall–Kier alpha value is -0.640. The molecular formula is C17H28BrN3. The molecule has 0 bridgehead atoms. The average Bonchev–Trinajstić information content (AvgIpc) is 2.87. The molecule has 1 aliphatic rings. The number of rotatable bonds is 4. The van der Waals surface area contributed by atoms with Crippen LogP contribution >= 0.6 is 15.9 Å². The Balaban J connectivity index is 2.36. The lowest BCUT2D eigenvalue weighted by atomic mass is 9.96. The van der Waals surface area contributed by atoms with E-state index in [1.807, 2.05) is 0 Å². The van der Waals surface area contributed by atoms with Crippen molar-refractivity contribution in [2.45, 2.75) is 71.8 Å². The minimum absolute atomic E-state index is 0.0301. The summed E-state index contributed by atoms with van der Waals surface area (Å²) in [5.74, 6) is 2.64. The lowest BCUT2D eigenvalue weighted by Gasteiger charge is -2.32. The lowest BCUT2D eigenvalue weighted by Crippen LogP contribution is -2.37. The van der Waals surface area contributed by atoms with Crippen LogP contribution in [0.25, 0.3) is 0 Å². The van der Waals surface area contributed by atoms with Crippen LogP contribution in [0.1, 0.15) is 66.1 Å². The van der Waals surface area contributed by atoms with Gasteiger partial charge >= 0.3 is 0 Å². The number of nitrogens with zero attached hydrogens (tertiary/aromatic N) is 3. The third-order valence-electron chi connectivity index (χ3n) is 3.97. The minimum atomic E-state index is -0.0301. The number of hydrogen-bond donors (Lipinski definition) is 0. The van der Waals surface area contributed by atoms with Gasteiger partial charge in [-0.05, 0) is 34.7 Å². The smallest absolute Gasteiger partial charge is 0.137 e. The molecule has 0 aromatic carbocycles. The van der Waals surface area contributed by atoms with Gasteiger partial charge in [0.1, 0.15) is 16.2 Å². The molecule has 0 aliphatic heterocycles. The fraction of sp³-hybridized carbons (Fsp3) is 0.765. The molecule has 118 valence electrons. The molecule has 21 heavy (non-hydrogen) atoms. The van der Waals surface area contributed by atoms with E-state index in [1.165, 1.54) is 25.7 Å². The predicted octanol–water partition coefficient (Wildman–Crippen LogP) is 4.94. The summed E-state index contributed by atoms with van der Waals surface area (Å²) < 4.78 is 0.893. The van der Waals surface area contributed by atoms with Crippen molar-refractivity contribution in [2.24, 2.45) is 5.92 Å². The predicted molar refractivity (Wildman–Crippen MR) is 92.9 cm³/mol. The maximum absolute atomic E-state index is 4.89. The molecule has 0 saturated heterocycles. The normalized spacial score (nSPS) is 16.7. The maximum atomic E-state index is 4.89. The van der Waals surface area contributed by atoms with Gasteiger partial charge in [-0.3, -0.25) is 0 Å². The van der Waals surface area contributed by atoms with Crippen molar-refractivity contribution in [3.63, 3.8) is 0 Å². The first-order valence-corrected chi connectivity index (χ1v) is 8.88.